The maximum Gasteiger partial charge on any atom is 0.266 e. The van der Waals surface area contributed by atoms with Crippen molar-refractivity contribution in [2.24, 2.45) is 0 Å². The average molecular weight is 366 g/mol. The topological polar surface area (TPSA) is 87.8 Å². The maximum absolute atomic E-state index is 12.9. The molecule has 2 aromatic heterocycles. The van der Waals surface area contributed by atoms with Crippen molar-refractivity contribution in [3.63, 3.8) is 0 Å². The largest absolute Gasteiger partial charge is 0.321 e. The smallest absolute Gasteiger partial charge is 0.266 e. The van der Waals surface area contributed by atoms with E-state index in [1.54, 1.807) is 18.4 Å². The Morgan fingerprint density at radius 3 is 2.73 bits per heavy atom. The van der Waals surface area contributed by atoms with Crippen molar-refractivity contribution in [1.82, 2.24) is 9.55 Å². The molecule has 2 heterocycles. The standard InChI is InChI=1S/C19H18N4O2S/c1-12-15-18(21-13(2)23(19(15)25)11-7-6-10-20)26-16(12)17(24)22-14-8-4-3-5-9-14/h3-5,8-9H,6-7,11H2,1-2H3,(H,22,24). The van der Waals surface area contributed by atoms with Gasteiger partial charge in [-0.15, -0.1) is 11.3 Å². The molecule has 3 aromatic rings. The number of hydrogen-bond donors (Lipinski definition) is 1. The van der Waals surface area contributed by atoms with E-state index in [2.05, 4.69) is 16.4 Å². The molecular weight excluding hydrogens is 348 g/mol. The highest BCUT2D eigenvalue weighted by atomic mass is 32.1. The van der Waals surface area contributed by atoms with Crippen molar-refractivity contribution < 1.29 is 4.79 Å². The van der Waals surface area contributed by atoms with Crippen molar-refractivity contribution in [2.75, 3.05) is 5.32 Å². The van der Waals surface area contributed by atoms with Gasteiger partial charge in [0.15, 0.2) is 0 Å². The highest BCUT2D eigenvalue weighted by Crippen LogP contribution is 2.28. The Balaban J connectivity index is 2.00. The molecular formula is C19H18N4O2S. The van der Waals surface area contributed by atoms with Crippen LogP contribution in [0.2, 0.25) is 0 Å². The zero-order chi connectivity index (χ0) is 18.7. The lowest BCUT2D eigenvalue weighted by Crippen LogP contribution is -2.24. The Labute approximate surface area is 154 Å². The summed E-state index contributed by atoms with van der Waals surface area (Å²) >= 11 is 1.23. The molecule has 1 aromatic carbocycles. The van der Waals surface area contributed by atoms with E-state index in [1.165, 1.54) is 11.3 Å². The molecule has 1 N–H and O–H groups in total. The summed E-state index contributed by atoms with van der Waals surface area (Å²) < 4.78 is 1.58. The van der Waals surface area contributed by atoms with Gasteiger partial charge in [-0.25, -0.2) is 4.98 Å². The van der Waals surface area contributed by atoms with Crippen LogP contribution in [0.25, 0.3) is 10.2 Å². The van der Waals surface area contributed by atoms with Gasteiger partial charge in [-0.1, -0.05) is 18.2 Å². The van der Waals surface area contributed by atoms with E-state index >= 15 is 0 Å². The minimum Gasteiger partial charge on any atom is -0.321 e. The summed E-state index contributed by atoms with van der Waals surface area (Å²) in [5, 5.41) is 12.0. The number of benzene rings is 1. The maximum atomic E-state index is 12.9. The van der Waals surface area contributed by atoms with Gasteiger partial charge in [0.05, 0.1) is 16.3 Å². The lowest BCUT2D eigenvalue weighted by molar-refractivity contribution is 0.103. The Kier molecular flexibility index (Phi) is 5.14. The number of nitrogens with zero attached hydrogens (tertiary/aromatic N) is 3. The summed E-state index contributed by atoms with van der Waals surface area (Å²) in [4.78, 5) is 31.1. The minimum atomic E-state index is -0.246. The van der Waals surface area contributed by atoms with Crippen molar-refractivity contribution in [2.45, 2.75) is 33.2 Å². The molecule has 1 amide bonds. The van der Waals surface area contributed by atoms with Gasteiger partial charge >= 0.3 is 0 Å². The Bertz CT molecular complexity index is 1060. The van der Waals surface area contributed by atoms with Crippen LogP contribution in [0.1, 0.15) is 33.9 Å². The number of unbranched alkanes of at least 4 members (excludes halogenated alkanes) is 1. The number of carbonyl (C=O) groups is 1. The van der Waals surface area contributed by atoms with Crippen molar-refractivity contribution in [1.29, 1.82) is 5.26 Å². The van der Waals surface area contributed by atoms with Crippen molar-refractivity contribution in [3.05, 3.63) is 57.0 Å². The lowest BCUT2D eigenvalue weighted by Gasteiger charge is -2.08. The summed E-state index contributed by atoms with van der Waals surface area (Å²) in [6, 6.07) is 11.3. The number of amides is 1. The molecule has 0 unspecified atom stereocenters. The number of rotatable bonds is 5. The molecule has 0 fully saturated rings. The van der Waals surface area contributed by atoms with Crippen LogP contribution < -0.4 is 10.9 Å². The summed E-state index contributed by atoms with van der Waals surface area (Å²) in [5.74, 6) is 0.349. The SMILES string of the molecule is Cc1c(C(=O)Nc2ccccc2)sc2nc(C)n(CCCC#N)c(=O)c12. The van der Waals surface area contributed by atoms with Crippen LogP contribution in [0, 0.1) is 25.2 Å². The molecule has 0 radical (unpaired) electrons. The number of anilines is 1. The third-order valence-electron chi connectivity index (χ3n) is 4.15. The van der Waals surface area contributed by atoms with Crippen LogP contribution in [0.3, 0.4) is 0 Å². The van der Waals surface area contributed by atoms with Gasteiger partial charge in [-0.3, -0.25) is 14.2 Å². The highest BCUT2D eigenvalue weighted by molar-refractivity contribution is 7.20. The molecule has 132 valence electrons. The lowest BCUT2D eigenvalue weighted by atomic mass is 10.2. The highest BCUT2D eigenvalue weighted by Gasteiger charge is 2.20. The fourth-order valence-corrected chi connectivity index (χ4v) is 3.94. The van der Waals surface area contributed by atoms with Crippen LogP contribution in [0.15, 0.2) is 35.1 Å². The number of nitriles is 1. The first kappa shape index (κ1) is 17.8. The zero-order valence-corrected chi connectivity index (χ0v) is 15.4. The molecule has 0 saturated carbocycles. The van der Waals surface area contributed by atoms with Gasteiger partial charge in [-0.2, -0.15) is 5.26 Å². The number of thiophene rings is 1. The van der Waals surface area contributed by atoms with Gasteiger partial charge < -0.3 is 5.32 Å². The van der Waals surface area contributed by atoms with E-state index in [4.69, 9.17) is 5.26 Å². The van der Waals surface area contributed by atoms with E-state index in [0.29, 0.717) is 51.6 Å². The molecule has 6 nitrogen and oxygen atoms in total. The molecule has 0 spiro atoms. The first-order valence-corrected chi connectivity index (χ1v) is 9.08. The number of carbonyl (C=O) groups excluding carboxylic acids is 1. The molecule has 0 bridgehead atoms. The third kappa shape index (κ3) is 3.37. The Morgan fingerprint density at radius 1 is 1.31 bits per heavy atom. The monoisotopic (exact) mass is 366 g/mol. The van der Waals surface area contributed by atoms with E-state index < -0.39 is 0 Å². The number of nitrogens with one attached hydrogen (secondary N) is 1. The van der Waals surface area contributed by atoms with Crippen LogP contribution in [-0.4, -0.2) is 15.5 Å². The molecule has 0 aliphatic heterocycles. The third-order valence-corrected chi connectivity index (χ3v) is 5.33. The Morgan fingerprint density at radius 2 is 2.04 bits per heavy atom. The van der Waals surface area contributed by atoms with Crippen LogP contribution >= 0.6 is 11.3 Å². The van der Waals surface area contributed by atoms with Gasteiger partial charge in [0, 0.05) is 18.7 Å². The van der Waals surface area contributed by atoms with Crippen LogP contribution in [0.5, 0.6) is 0 Å². The van der Waals surface area contributed by atoms with E-state index in [1.807, 2.05) is 30.3 Å². The van der Waals surface area contributed by atoms with E-state index in [-0.39, 0.29) is 11.5 Å². The van der Waals surface area contributed by atoms with E-state index in [0.717, 1.165) is 0 Å². The predicted molar refractivity (Wildman–Crippen MR) is 103 cm³/mol. The minimum absolute atomic E-state index is 0.155. The van der Waals surface area contributed by atoms with E-state index in [9.17, 15) is 9.59 Å². The molecule has 0 atom stereocenters. The molecule has 0 saturated heterocycles. The fraction of sp³-hybridized carbons (Fsp3) is 0.263. The van der Waals surface area contributed by atoms with Crippen LogP contribution in [0.4, 0.5) is 5.69 Å². The molecule has 0 aliphatic rings. The second-order valence-corrected chi connectivity index (χ2v) is 6.93. The summed E-state index contributed by atoms with van der Waals surface area (Å²) in [6.07, 6.45) is 0.978. The quantitative estimate of drug-likeness (QED) is 0.699. The summed E-state index contributed by atoms with van der Waals surface area (Å²) in [5.41, 5.74) is 1.19. The summed E-state index contributed by atoms with van der Waals surface area (Å²) in [7, 11) is 0. The van der Waals surface area contributed by atoms with Crippen LogP contribution in [-0.2, 0) is 6.54 Å². The summed E-state index contributed by atoms with van der Waals surface area (Å²) in [6.45, 7) is 3.99. The van der Waals surface area contributed by atoms with Crippen molar-refractivity contribution in [3.8, 4) is 6.07 Å². The van der Waals surface area contributed by atoms with Gasteiger partial charge in [0.25, 0.3) is 11.5 Å². The van der Waals surface area contributed by atoms with Crippen molar-refractivity contribution >= 4 is 33.1 Å². The normalized spacial score (nSPS) is 10.7. The van der Waals surface area contributed by atoms with Gasteiger partial charge in [0.1, 0.15) is 10.7 Å². The second-order valence-electron chi connectivity index (χ2n) is 5.93. The second kappa shape index (κ2) is 7.50. The first-order chi connectivity index (χ1) is 12.5. The molecule has 26 heavy (non-hydrogen) atoms. The van der Waals surface area contributed by atoms with Gasteiger partial charge in [0.2, 0.25) is 0 Å². The number of aryl methyl sites for hydroxylation is 2. The number of hydrogen-bond acceptors (Lipinski definition) is 5. The zero-order valence-electron chi connectivity index (χ0n) is 14.6. The number of fused-ring (bicyclic) bond motifs is 1. The molecule has 7 heteroatoms. The average Bonchev–Trinajstić information content (AvgIpc) is 2.95. The molecule has 3 rings (SSSR count). The fourth-order valence-electron chi connectivity index (χ4n) is 2.82. The number of aromatic nitrogens is 2. The molecule has 0 aliphatic carbocycles. The van der Waals surface area contributed by atoms with Gasteiger partial charge in [-0.05, 0) is 38.0 Å². The Hall–Kier alpha value is -2.98. The predicted octanol–water partition coefficient (Wildman–Crippen LogP) is 3.63. The first-order valence-electron chi connectivity index (χ1n) is 8.26. The number of para-hydroxylation sites is 1.